The van der Waals surface area contributed by atoms with Crippen LogP contribution in [0.4, 0.5) is 0 Å². The van der Waals surface area contributed by atoms with Gasteiger partial charge >= 0.3 is 0 Å². The van der Waals surface area contributed by atoms with E-state index in [0.29, 0.717) is 5.82 Å². The van der Waals surface area contributed by atoms with Crippen LogP contribution >= 0.6 is 0 Å². The summed E-state index contributed by atoms with van der Waals surface area (Å²) >= 11 is 0. The number of para-hydroxylation sites is 2. The summed E-state index contributed by atoms with van der Waals surface area (Å²) < 4.78 is 11.4. The second kappa shape index (κ2) is 10.2. The Morgan fingerprint density at radius 3 is 2.15 bits per heavy atom. The molecule has 0 atom stereocenters. The maximum absolute atomic E-state index is 6.75. The summed E-state index contributed by atoms with van der Waals surface area (Å²) in [5, 5.41) is 4.70. The molecule has 218 valence electrons. The Morgan fingerprint density at radius 1 is 0.652 bits per heavy atom. The van der Waals surface area contributed by atoms with Crippen LogP contribution in [-0.2, 0) is 7.05 Å². The van der Waals surface area contributed by atoms with Crippen molar-refractivity contribution in [2.75, 3.05) is 0 Å². The molecule has 6 aromatic carbocycles. The summed E-state index contributed by atoms with van der Waals surface area (Å²) in [6, 6.07) is 42.9. The number of imidazole rings is 1. The van der Waals surface area contributed by atoms with Crippen LogP contribution in [0, 0.1) is 6.92 Å². The molecule has 0 fully saturated rings. The number of fused-ring (bicyclic) bond motifs is 6. The van der Waals surface area contributed by atoms with Gasteiger partial charge in [0.1, 0.15) is 29.5 Å². The van der Waals surface area contributed by atoms with E-state index in [1.807, 2.05) is 0 Å². The average Bonchev–Trinajstić information content (AvgIpc) is 3.64. The molecule has 9 aromatic rings. The minimum atomic E-state index is 0.666. The van der Waals surface area contributed by atoms with Gasteiger partial charge in [0, 0.05) is 16.3 Å². The lowest BCUT2D eigenvalue weighted by Crippen LogP contribution is -2.30. The fourth-order valence-corrected chi connectivity index (χ4v) is 6.85. The molecule has 0 N–H and O–H groups in total. The van der Waals surface area contributed by atoms with Crippen LogP contribution < -0.4 is 4.57 Å². The number of furan rings is 1. The van der Waals surface area contributed by atoms with E-state index in [2.05, 4.69) is 159 Å². The molecule has 0 radical (unpaired) electrons. The Hall–Kier alpha value is -6.14. The molecular formula is C40H28N5O+. The molecule has 3 aromatic heterocycles. The first kappa shape index (κ1) is 26.3. The third-order valence-corrected chi connectivity index (χ3v) is 9.07. The quantitative estimate of drug-likeness (QED) is 0.191. The Kier molecular flexibility index (Phi) is 5.83. The van der Waals surface area contributed by atoms with Crippen molar-refractivity contribution in [3.8, 4) is 39.6 Å². The minimum Gasteiger partial charge on any atom is -0.455 e. The van der Waals surface area contributed by atoms with Crippen molar-refractivity contribution in [3.63, 3.8) is 0 Å². The highest BCUT2D eigenvalue weighted by molar-refractivity contribution is 6.20. The third-order valence-electron chi connectivity index (χ3n) is 9.07. The van der Waals surface area contributed by atoms with Crippen molar-refractivity contribution in [2.24, 2.45) is 7.05 Å². The zero-order chi connectivity index (χ0) is 30.8. The molecule has 3 heterocycles. The maximum Gasteiger partial charge on any atom is 0.298 e. The Bertz CT molecular complexity index is 2580. The lowest BCUT2D eigenvalue weighted by atomic mass is 10.00. The zero-order valence-corrected chi connectivity index (χ0v) is 25.3. The van der Waals surface area contributed by atoms with Crippen molar-refractivity contribution < 1.29 is 8.98 Å². The van der Waals surface area contributed by atoms with Gasteiger partial charge in [-0.1, -0.05) is 91.0 Å². The SMILES string of the molecule is Cc1ccc2c(oc3ccc4ccccc4c32)c1-c1n(-c2ccc(-c3ccc(-c4ncncn4)cc3)cc2)c2ccccc2[n+]1C. The van der Waals surface area contributed by atoms with E-state index >= 15 is 0 Å². The van der Waals surface area contributed by atoms with Crippen LogP contribution in [0.3, 0.4) is 0 Å². The van der Waals surface area contributed by atoms with Crippen molar-refractivity contribution in [3.05, 3.63) is 140 Å². The molecule has 9 rings (SSSR count). The Labute approximate surface area is 264 Å². The molecule has 0 aliphatic rings. The van der Waals surface area contributed by atoms with Crippen LogP contribution in [0.2, 0.25) is 0 Å². The number of rotatable bonds is 4. The third kappa shape index (κ3) is 3.97. The minimum absolute atomic E-state index is 0.666. The first-order valence-electron chi connectivity index (χ1n) is 15.3. The summed E-state index contributed by atoms with van der Waals surface area (Å²) in [6.45, 7) is 2.17. The van der Waals surface area contributed by atoms with E-state index in [9.17, 15) is 0 Å². The molecule has 0 saturated carbocycles. The molecule has 0 spiro atoms. The number of aromatic nitrogens is 5. The molecule has 0 bridgehead atoms. The number of aryl methyl sites for hydroxylation is 2. The average molecular weight is 595 g/mol. The predicted molar refractivity (Wildman–Crippen MR) is 184 cm³/mol. The largest absolute Gasteiger partial charge is 0.455 e. The highest BCUT2D eigenvalue weighted by Gasteiger charge is 2.30. The first-order chi connectivity index (χ1) is 22.7. The van der Waals surface area contributed by atoms with E-state index in [4.69, 9.17) is 4.42 Å². The summed E-state index contributed by atoms with van der Waals surface area (Å²) in [6.07, 6.45) is 3.04. The first-order valence-corrected chi connectivity index (χ1v) is 15.3. The fourth-order valence-electron chi connectivity index (χ4n) is 6.85. The van der Waals surface area contributed by atoms with Gasteiger partial charge in [-0.3, -0.25) is 0 Å². The van der Waals surface area contributed by atoms with Crippen LogP contribution in [-0.4, -0.2) is 19.5 Å². The van der Waals surface area contributed by atoms with E-state index in [0.717, 1.165) is 72.3 Å². The van der Waals surface area contributed by atoms with Crippen LogP contribution in [0.15, 0.2) is 138 Å². The molecule has 0 aliphatic carbocycles. The van der Waals surface area contributed by atoms with Gasteiger partial charge in [0.15, 0.2) is 22.4 Å². The Balaban J connectivity index is 1.23. The second-order valence-corrected chi connectivity index (χ2v) is 11.7. The molecule has 0 unspecified atom stereocenters. The van der Waals surface area contributed by atoms with E-state index in [1.54, 1.807) is 0 Å². The summed E-state index contributed by atoms with van der Waals surface area (Å²) in [5.74, 6) is 1.74. The van der Waals surface area contributed by atoms with Crippen LogP contribution in [0.1, 0.15) is 5.56 Å². The van der Waals surface area contributed by atoms with E-state index < -0.39 is 0 Å². The van der Waals surface area contributed by atoms with E-state index in [-0.39, 0.29) is 0 Å². The van der Waals surface area contributed by atoms with Gasteiger partial charge in [-0.15, -0.1) is 0 Å². The van der Waals surface area contributed by atoms with Crippen LogP contribution in [0.5, 0.6) is 0 Å². The molecular weight excluding hydrogens is 566 g/mol. The number of benzene rings is 6. The molecule has 46 heavy (non-hydrogen) atoms. The lowest BCUT2D eigenvalue weighted by Gasteiger charge is -2.09. The fraction of sp³-hybridized carbons (Fsp3) is 0.0500. The number of hydrogen-bond acceptors (Lipinski definition) is 4. The molecule has 0 aliphatic heterocycles. The molecule has 6 heteroatoms. The standard InChI is InChI=1S/C40H28N5O/c1-25-11-21-32-37-31-8-4-3-7-28(31)18-22-35(37)46-38(32)36(25)40-44(2)33-9-5-6-10-34(33)45(40)30-19-16-27(17-20-30)26-12-14-29(15-13-26)39-42-23-41-24-43-39/h3-24H,1-2H3/q+1. The topological polar surface area (TPSA) is 60.6 Å². The summed E-state index contributed by atoms with van der Waals surface area (Å²) in [7, 11) is 2.15. The molecule has 6 nitrogen and oxygen atoms in total. The summed E-state index contributed by atoms with van der Waals surface area (Å²) in [5.41, 5.74) is 10.6. The van der Waals surface area contributed by atoms with Gasteiger partial charge in [-0.05, 0) is 64.7 Å². The number of hydrogen-bond donors (Lipinski definition) is 0. The lowest BCUT2D eigenvalue weighted by molar-refractivity contribution is -0.633. The van der Waals surface area contributed by atoms with Gasteiger partial charge in [-0.2, -0.15) is 4.57 Å². The van der Waals surface area contributed by atoms with Crippen molar-refractivity contribution in [2.45, 2.75) is 6.92 Å². The van der Waals surface area contributed by atoms with E-state index in [1.165, 1.54) is 23.4 Å². The van der Waals surface area contributed by atoms with Gasteiger partial charge < -0.3 is 4.42 Å². The second-order valence-electron chi connectivity index (χ2n) is 11.7. The van der Waals surface area contributed by atoms with Gasteiger partial charge in [-0.25, -0.2) is 19.5 Å². The molecule has 0 saturated heterocycles. The van der Waals surface area contributed by atoms with Gasteiger partial charge in [0.2, 0.25) is 0 Å². The Morgan fingerprint density at radius 2 is 1.35 bits per heavy atom. The monoisotopic (exact) mass is 594 g/mol. The van der Waals surface area contributed by atoms with Crippen molar-refractivity contribution in [1.82, 2.24) is 19.5 Å². The smallest absolute Gasteiger partial charge is 0.298 e. The zero-order valence-electron chi connectivity index (χ0n) is 25.3. The van der Waals surface area contributed by atoms with Crippen LogP contribution in [0.25, 0.3) is 83.3 Å². The summed E-state index contributed by atoms with van der Waals surface area (Å²) in [4.78, 5) is 12.5. The predicted octanol–water partition coefficient (Wildman–Crippen LogP) is 9.00. The van der Waals surface area contributed by atoms with Crippen molar-refractivity contribution in [1.29, 1.82) is 0 Å². The highest BCUT2D eigenvalue weighted by atomic mass is 16.3. The maximum atomic E-state index is 6.75. The van der Waals surface area contributed by atoms with Gasteiger partial charge in [0.25, 0.3) is 5.82 Å². The normalized spacial score (nSPS) is 11.7. The molecule has 0 amide bonds. The van der Waals surface area contributed by atoms with Crippen molar-refractivity contribution >= 4 is 43.7 Å². The van der Waals surface area contributed by atoms with Gasteiger partial charge in [0.05, 0.1) is 7.05 Å². The highest BCUT2D eigenvalue weighted by Crippen LogP contribution is 2.41. The number of nitrogens with zero attached hydrogens (tertiary/aromatic N) is 5.